The molecule has 1 heterocycles. The quantitative estimate of drug-likeness (QED) is 0.768. The minimum absolute atomic E-state index is 0.363. The van der Waals surface area contributed by atoms with E-state index in [1.54, 1.807) is 0 Å². The maximum absolute atomic E-state index is 3.73. The third-order valence-electron chi connectivity index (χ3n) is 3.84. The summed E-state index contributed by atoms with van der Waals surface area (Å²) in [5.74, 6) is 1.02. The molecule has 0 amide bonds. The van der Waals surface area contributed by atoms with Crippen molar-refractivity contribution >= 4 is 0 Å². The van der Waals surface area contributed by atoms with Crippen molar-refractivity contribution in [3.05, 3.63) is 0 Å². The molecule has 0 spiro atoms. The summed E-state index contributed by atoms with van der Waals surface area (Å²) in [6.45, 7) is 10.8. The lowest BCUT2D eigenvalue weighted by molar-refractivity contribution is 0.0961. The third kappa shape index (κ3) is 3.46. The Morgan fingerprint density at radius 2 is 1.67 bits per heavy atom. The Labute approximate surface area is 94.4 Å². The summed E-state index contributed by atoms with van der Waals surface area (Å²) in [5.41, 5.74) is 0.363. The van der Waals surface area contributed by atoms with E-state index in [0.717, 1.165) is 12.0 Å². The molecule has 2 rings (SSSR count). The molecular formula is C13H26N2. The zero-order chi connectivity index (χ0) is 10.9. The minimum atomic E-state index is 0.363. The van der Waals surface area contributed by atoms with Crippen LogP contribution in [0.15, 0.2) is 0 Å². The predicted octanol–water partition coefficient (Wildman–Crippen LogP) is 2.25. The first-order valence-corrected chi connectivity index (χ1v) is 6.54. The number of hydrogen-bond donors (Lipinski definition) is 1. The van der Waals surface area contributed by atoms with Crippen LogP contribution in [-0.2, 0) is 0 Å². The monoisotopic (exact) mass is 210 g/mol. The predicted molar refractivity (Wildman–Crippen MR) is 65.1 cm³/mol. The Morgan fingerprint density at radius 1 is 1.07 bits per heavy atom. The van der Waals surface area contributed by atoms with Crippen molar-refractivity contribution in [1.82, 2.24) is 10.2 Å². The Balaban J connectivity index is 1.67. The molecule has 0 bridgehead atoms. The molecule has 1 aliphatic carbocycles. The van der Waals surface area contributed by atoms with Crippen LogP contribution >= 0.6 is 0 Å². The second-order valence-corrected chi connectivity index (χ2v) is 6.28. The lowest BCUT2D eigenvalue weighted by Gasteiger charge is -2.41. The van der Waals surface area contributed by atoms with Crippen LogP contribution < -0.4 is 5.32 Å². The molecule has 2 fully saturated rings. The number of hydrogen-bond acceptors (Lipinski definition) is 2. The first-order chi connectivity index (χ1) is 7.05. The highest BCUT2D eigenvalue weighted by atomic mass is 15.2. The van der Waals surface area contributed by atoms with E-state index in [9.17, 15) is 0 Å². The molecule has 1 N–H and O–H groups in total. The van der Waals surface area contributed by atoms with E-state index in [-0.39, 0.29) is 0 Å². The van der Waals surface area contributed by atoms with Gasteiger partial charge in [0, 0.05) is 24.7 Å². The summed E-state index contributed by atoms with van der Waals surface area (Å²) in [5, 5.41) is 3.73. The van der Waals surface area contributed by atoms with Crippen molar-refractivity contribution < 1.29 is 0 Å². The molecule has 88 valence electrons. The molecule has 0 aromatic rings. The number of rotatable bonds is 3. The molecule has 0 aromatic carbocycles. The molecular weight excluding hydrogens is 184 g/mol. The Kier molecular flexibility index (Phi) is 3.36. The highest BCUT2D eigenvalue weighted by Crippen LogP contribution is 2.28. The van der Waals surface area contributed by atoms with Gasteiger partial charge in [-0.2, -0.15) is 0 Å². The highest BCUT2D eigenvalue weighted by Gasteiger charge is 2.28. The normalized spacial score (nSPS) is 25.8. The molecule has 1 aliphatic heterocycles. The van der Waals surface area contributed by atoms with Gasteiger partial charge in [-0.1, -0.05) is 0 Å². The van der Waals surface area contributed by atoms with Crippen LogP contribution in [-0.4, -0.2) is 36.1 Å². The largest absolute Gasteiger partial charge is 0.314 e. The number of nitrogens with zero attached hydrogens (tertiary/aromatic N) is 1. The van der Waals surface area contributed by atoms with Gasteiger partial charge in [-0.05, 0) is 58.9 Å². The minimum Gasteiger partial charge on any atom is -0.314 e. The van der Waals surface area contributed by atoms with Gasteiger partial charge in [0.05, 0.1) is 0 Å². The van der Waals surface area contributed by atoms with Crippen LogP contribution in [0.25, 0.3) is 0 Å². The van der Waals surface area contributed by atoms with Crippen LogP contribution in [0.1, 0.15) is 46.5 Å². The van der Waals surface area contributed by atoms with Gasteiger partial charge < -0.3 is 5.32 Å². The van der Waals surface area contributed by atoms with Gasteiger partial charge in [-0.15, -0.1) is 0 Å². The van der Waals surface area contributed by atoms with Crippen LogP contribution in [0, 0.1) is 5.92 Å². The summed E-state index contributed by atoms with van der Waals surface area (Å²) in [6, 6.07) is 0.796. The first-order valence-electron chi connectivity index (χ1n) is 6.54. The zero-order valence-electron chi connectivity index (χ0n) is 10.6. The smallest absolute Gasteiger partial charge is 0.0125 e. The van der Waals surface area contributed by atoms with Crippen molar-refractivity contribution in [2.24, 2.45) is 5.92 Å². The first kappa shape index (κ1) is 11.4. The Hall–Kier alpha value is -0.0800. The summed E-state index contributed by atoms with van der Waals surface area (Å²) >= 11 is 0. The molecule has 0 atom stereocenters. The van der Waals surface area contributed by atoms with Crippen LogP contribution in [0.2, 0.25) is 0 Å². The molecule has 2 heteroatoms. The molecule has 0 aromatic heterocycles. The number of piperidine rings is 1. The van der Waals surface area contributed by atoms with Crippen LogP contribution in [0.4, 0.5) is 0 Å². The third-order valence-corrected chi connectivity index (χ3v) is 3.84. The van der Waals surface area contributed by atoms with E-state index < -0.39 is 0 Å². The van der Waals surface area contributed by atoms with E-state index in [0.29, 0.717) is 5.54 Å². The van der Waals surface area contributed by atoms with Gasteiger partial charge in [-0.3, -0.25) is 4.90 Å². The summed E-state index contributed by atoms with van der Waals surface area (Å²) in [4.78, 5) is 2.61. The second-order valence-electron chi connectivity index (χ2n) is 6.28. The molecule has 15 heavy (non-hydrogen) atoms. The van der Waals surface area contributed by atoms with Crippen molar-refractivity contribution in [1.29, 1.82) is 0 Å². The average molecular weight is 210 g/mol. The van der Waals surface area contributed by atoms with E-state index in [1.807, 2.05) is 0 Å². The SMILES string of the molecule is CC(C)(C)N1CCC(NCC2CC2)CC1. The molecule has 1 saturated heterocycles. The number of nitrogens with one attached hydrogen (secondary N) is 1. The van der Waals surface area contributed by atoms with Gasteiger partial charge in [0.1, 0.15) is 0 Å². The maximum atomic E-state index is 3.73. The fourth-order valence-corrected chi connectivity index (χ4v) is 2.41. The lowest BCUT2D eigenvalue weighted by Crippen LogP contribution is -2.50. The van der Waals surface area contributed by atoms with Crippen molar-refractivity contribution in [2.45, 2.75) is 58.0 Å². The van der Waals surface area contributed by atoms with Crippen LogP contribution in [0.5, 0.6) is 0 Å². The van der Waals surface area contributed by atoms with Gasteiger partial charge >= 0.3 is 0 Å². The lowest BCUT2D eigenvalue weighted by atomic mass is 9.98. The topological polar surface area (TPSA) is 15.3 Å². The average Bonchev–Trinajstić information content (AvgIpc) is 2.97. The summed E-state index contributed by atoms with van der Waals surface area (Å²) < 4.78 is 0. The van der Waals surface area contributed by atoms with Crippen molar-refractivity contribution in [2.75, 3.05) is 19.6 Å². The van der Waals surface area contributed by atoms with Gasteiger partial charge in [0.25, 0.3) is 0 Å². The molecule has 2 nitrogen and oxygen atoms in total. The van der Waals surface area contributed by atoms with Gasteiger partial charge in [0.2, 0.25) is 0 Å². The summed E-state index contributed by atoms with van der Waals surface area (Å²) in [6.07, 6.45) is 5.61. The maximum Gasteiger partial charge on any atom is 0.0125 e. The van der Waals surface area contributed by atoms with E-state index >= 15 is 0 Å². The van der Waals surface area contributed by atoms with E-state index in [4.69, 9.17) is 0 Å². The molecule has 0 radical (unpaired) electrons. The highest BCUT2D eigenvalue weighted by molar-refractivity contribution is 4.85. The van der Waals surface area contributed by atoms with Crippen molar-refractivity contribution in [3.63, 3.8) is 0 Å². The fraction of sp³-hybridized carbons (Fsp3) is 1.00. The fourth-order valence-electron chi connectivity index (χ4n) is 2.41. The second kappa shape index (κ2) is 4.42. The van der Waals surface area contributed by atoms with Gasteiger partial charge in [0.15, 0.2) is 0 Å². The standard InChI is InChI=1S/C13H26N2/c1-13(2,3)15-8-6-12(7-9-15)14-10-11-4-5-11/h11-12,14H,4-10H2,1-3H3. The van der Waals surface area contributed by atoms with E-state index in [1.165, 1.54) is 45.3 Å². The zero-order valence-corrected chi connectivity index (χ0v) is 10.6. The van der Waals surface area contributed by atoms with E-state index in [2.05, 4.69) is 31.0 Å². The molecule has 2 aliphatic rings. The Morgan fingerprint density at radius 3 is 2.13 bits per heavy atom. The van der Waals surface area contributed by atoms with Crippen molar-refractivity contribution in [3.8, 4) is 0 Å². The molecule has 0 unspecified atom stereocenters. The Bertz CT molecular complexity index is 195. The number of likely N-dealkylation sites (tertiary alicyclic amines) is 1. The summed E-state index contributed by atoms with van der Waals surface area (Å²) in [7, 11) is 0. The van der Waals surface area contributed by atoms with Crippen LogP contribution in [0.3, 0.4) is 0 Å². The molecule has 1 saturated carbocycles. The van der Waals surface area contributed by atoms with Gasteiger partial charge in [-0.25, -0.2) is 0 Å².